The summed E-state index contributed by atoms with van der Waals surface area (Å²) in [6, 6.07) is 13.5. The molecule has 0 unspecified atom stereocenters. The zero-order chi connectivity index (χ0) is 18.7. The molecule has 1 heterocycles. The van der Waals surface area contributed by atoms with E-state index in [4.69, 9.17) is 0 Å². The molecule has 1 aliphatic rings. The van der Waals surface area contributed by atoms with Crippen LogP contribution in [0.1, 0.15) is 33.1 Å². The molecule has 0 aromatic heterocycles. The number of nitrogens with one attached hydrogen (secondary N) is 1. The molecular formula is C20H28N2O3S. The van der Waals surface area contributed by atoms with Crippen LogP contribution in [0.5, 0.6) is 0 Å². The van der Waals surface area contributed by atoms with E-state index in [1.54, 1.807) is 18.2 Å². The summed E-state index contributed by atoms with van der Waals surface area (Å²) < 4.78 is 28.1. The molecule has 2 N–H and O–H groups in total. The van der Waals surface area contributed by atoms with Gasteiger partial charge in [-0.15, -0.1) is 0 Å². The van der Waals surface area contributed by atoms with Gasteiger partial charge in [0.1, 0.15) is 0 Å². The fourth-order valence-corrected chi connectivity index (χ4v) is 5.16. The van der Waals surface area contributed by atoms with Crippen molar-refractivity contribution in [1.82, 2.24) is 9.62 Å². The molecule has 1 saturated heterocycles. The van der Waals surface area contributed by atoms with E-state index < -0.39 is 16.1 Å². The standard InChI is InChI=1S/C20H28N2O3S/c1-15-7-5-8-16(2)22(15)14-18(23)13-21-26(24,25)20-12-6-10-17-9-3-4-11-19(17)20/h3-4,6,9-12,15-16,18,21,23H,5,7-8,13-14H2,1-2H3/t15-,16+,18-/m0/s1. The van der Waals surface area contributed by atoms with Crippen LogP contribution in [-0.2, 0) is 10.0 Å². The number of hydrogen-bond donors (Lipinski definition) is 2. The van der Waals surface area contributed by atoms with Gasteiger partial charge in [-0.2, -0.15) is 0 Å². The monoisotopic (exact) mass is 376 g/mol. The van der Waals surface area contributed by atoms with E-state index in [9.17, 15) is 13.5 Å². The summed E-state index contributed by atoms with van der Waals surface area (Å²) in [5.41, 5.74) is 0. The molecule has 3 atom stereocenters. The molecule has 0 aliphatic carbocycles. The lowest BCUT2D eigenvalue weighted by Gasteiger charge is -2.40. The molecule has 5 nitrogen and oxygen atoms in total. The highest BCUT2D eigenvalue weighted by Crippen LogP contribution is 2.24. The maximum absolute atomic E-state index is 12.7. The Kier molecular flexibility index (Phi) is 5.97. The SMILES string of the molecule is C[C@@H]1CCC[C@H](C)N1C[C@@H](O)CNS(=O)(=O)c1cccc2ccccc12. The van der Waals surface area contributed by atoms with E-state index in [-0.39, 0.29) is 11.4 Å². The summed E-state index contributed by atoms with van der Waals surface area (Å²) in [5.74, 6) is 0. The number of rotatable bonds is 6. The Morgan fingerprint density at radius 2 is 1.77 bits per heavy atom. The van der Waals surface area contributed by atoms with Crippen molar-refractivity contribution in [3.05, 3.63) is 42.5 Å². The second-order valence-corrected chi connectivity index (χ2v) is 9.04. The fraction of sp³-hybridized carbons (Fsp3) is 0.500. The lowest BCUT2D eigenvalue weighted by Crippen LogP contribution is -2.49. The average Bonchev–Trinajstić information content (AvgIpc) is 2.63. The third-order valence-electron chi connectivity index (χ3n) is 5.35. The van der Waals surface area contributed by atoms with E-state index in [2.05, 4.69) is 23.5 Å². The van der Waals surface area contributed by atoms with Crippen molar-refractivity contribution in [2.45, 2.75) is 56.2 Å². The molecule has 142 valence electrons. The molecule has 26 heavy (non-hydrogen) atoms. The van der Waals surface area contributed by atoms with Gasteiger partial charge in [0.25, 0.3) is 0 Å². The minimum Gasteiger partial charge on any atom is -0.390 e. The Balaban J connectivity index is 1.68. The highest BCUT2D eigenvalue weighted by atomic mass is 32.2. The topological polar surface area (TPSA) is 69.6 Å². The van der Waals surface area contributed by atoms with Crippen LogP contribution >= 0.6 is 0 Å². The number of fused-ring (bicyclic) bond motifs is 1. The van der Waals surface area contributed by atoms with Crippen LogP contribution in [-0.4, -0.2) is 49.7 Å². The molecule has 0 radical (unpaired) electrons. The van der Waals surface area contributed by atoms with Gasteiger partial charge in [-0.05, 0) is 38.1 Å². The first-order valence-electron chi connectivity index (χ1n) is 9.30. The minimum absolute atomic E-state index is 0.0154. The third kappa shape index (κ3) is 4.26. The highest BCUT2D eigenvalue weighted by Gasteiger charge is 2.27. The van der Waals surface area contributed by atoms with Crippen LogP contribution < -0.4 is 4.72 Å². The molecular weight excluding hydrogens is 348 g/mol. The minimum atomic E-state index is -3.68. The number of aliphatic hydroxyl groups is 1. The third-order valence-corrected chi connectivity index (χ3v) is 6.83. The van der Waals surface area contributed by atoms with Crippen molar-refractivity contribution in [3.8, 4) is 0 Å². The number of aliphatic hydroxyl groups excluding tert-OH is 1. The van der Waals surface area contributed by atoms with E-state index in [0.29, 0.717) is 24.0 Å². The summed E-state index contributed by atoms with van der Waals surface area (Å²) >= 11 is 0. The maximum atomic E-state index is 12.7. The van der Waals surface area contributed by atoms with Gasteiger partial charge in [-0.1, -0.05) is 42.8 Å². The molecule has 0 saturated carbocycles. The van der Waals surface area contributed by atoms with Crippen LogP contribution in [0.3, 0.4) is 0 Å². The van der Waals surface area contributed by atoms with Crippen LogP contribution in [0, 0.1) is 0 Å². The number of β-amino-alcohol motifs (C(OH)–C–C–N with tert-alkyl or cyclic N) is 1. The predicted molar refractivity (Wildman–Crippen MR) is 105 cm³/mol. The number of sulfonamides is 1. The zero-order valence-electron chi connectivity index (χ0n) is 15.4. The van der Waals surface area contributed by atoms with Crippen LogP contribution in [0.2, 0.25) is 0 Å². The average molecular weight is 377 g/mol. The highest BCUT2D eigenvalue weighted by molar-refractivity contribution is 7.89. The second-order valence-electron chi connectivity index (χ2n) is 7.31. The molecule has 0 bridgehead atoms. The van der Waals surface area contributed by atoms with E-state index in [1.807, 2.05) is 24.3 Å². The summed E-state index contributed by atoms with van der Waals surface area (Å²) in [4.78, 5) is 2.53. The van der Waals surface area contributed by atoms with Gasteiger partial charge in [0.2, 0.25) is 10.0 Å². The van der Waals surface area contributed by atoms with Crippen molar-refractivity contribution >= 4 is 20.8 Å². The van der Waals surface area contributed by atoms with Gasteiger partial charge in [0.05, 0.1) is 11.0 Å². The first-order chi connectivity index (χ1) is 12.4. The van der Waals surface area contributed by atoms with Crippen molar-refractivity contribution < 1.29 is 13.5 Å². The number of benzene rings is 2. The molecule has 1 fully saturated rings. The van der Waals surface area contributed by atoms with Crippen LogP contribution in [0.4, 0.5) is 0 Å². The van der Waals surface area contributed by atoms with Crippen LogP contribution in [0.15, 0.2) is 47.4 Å². The summed E-state index contributed by atoms with van der Waals surface area (Å²) in [6.07, 6.45) is 2.72. The van der Waals surface area contributed by atoms with Crippen molar-refractivity contribution in [2.24, 2.45) is 0 Å². The Hall–Kier alpha value is -1.47. The molecule has 2 aromatic rings. The molecule has 6 heteroatoms. The number of piperidine rings is 1. The molecule has 1 aliphatic heterocycles. The Labute approximate surface area is 156 Å². The first kappa shape index (κ1) is 19.3. The van der Waals surface area contributed by atoms with E-state index in [0.717, 1.165) is 18.2 Å². The summed E-state index contributed by atoms with van der Waals surface area (Å²) in [6.45, 7) is 4.84. The zero-order valence-corrected chi connectivity index (χ0v) is 16.2. The van der Waals surface area contributed by atoms with E-state index in [1.165, 1.54) is 6.42 Å². The predicted octanol–water partition coefficient (Wildman–Crippen LogP) is 2.74. The van der Waals surface area contributed by atoms with Crippen LogP contribution in [0.25, 0.3) is 10.8 Å². The van der Waals surface area contributed by atoms with Gasteiger partial charge in [0.15, 0.2) is 0 Å². The number of likely N-dealkylation sites (tertiary alicyclic amines) is 1. The lowest BCUT2D eigenvalue weighted by molar-refractivity contribution is 0.0438. The Morgan fingerprint density at radius 3 is 2.50 bits per heavy atom. The van der Waals surface area contributed by atoms with Gasteiger partial charge in [-0.25, -0.2) is 13.1 Å². The van der Waals surface area contributed by atoms with Gasteiger partial charge < -0.3 is 5.11 Å². The first-order valence-corrected chi connectivity index (χ1v) is 10.8. The Morgan fingerprint density at radius 1 is 1.12 bits per heavy atom. The van der Waals surface area contributed by atoms with Crippen molar-refractivity contribution in [2.75, 3.05) is 13.1 Å². The molecule has 0 spiro atoms. The summed E-state index contributed by atoms with van der Waals surface area (Å²) in [5, 5.41) is 12.0. The quantitative estimate of drug-likeness (QED) is 0.813. The van der Waals surface area contributed by atoms with Crippen molar-refractivity contribution in [1.29, 1.82) is 0 Å². The number of nitrogens with zero attached hydrogens (tertiary/aromatic N) is 1. The fourth-order valence-electron chi connectivity index (χ4n) is 3.86. The van der Waals surface area contributed by atoms with Gasteiger partial charge in [-0.3, -0.25) is 4.90 Å². The maximum Gasteiger partial charge on any atom is 0.241 e. The second kappa shape index (κ2) is 8.05. The Bertz CT molecular complexity index is 838. The largest absolute Gasteiger partial charge is 0.390 e. The number of hydrogen-bond acceptors (Lipinski definition) is 4. The lowest BCUT2D eigenvalue weighted by atomic mass is 9.97. The molecule has 3 rings (SSSR count). The molecule has 0 amide bonds. The van der Waals surface area contributed by atoms with Gasteiger partial charge >= 0.3 is 0 Å². The smallest absolute Gasteiger partial charge is 0.241 e. The van der Waals surface area contributed by atoms with E-state index >= 15 is 0 Å². The van der Waals surface area contributed by atoms with Crippen molar-refractivity contribution in [3.63, 3.8) is 0 Å². The van der Waals surface area contributed by atoms with Gasteiger partial charge in [0, 0.05) is 30.6 Å². The molecule has 2 aromatic carbocycles. The summed E-state index contributed by atoms with van der Waals surface area (Å²) in [7, 11) is -3.68. The normalized spacial score (nSPS) is 23.2.